The highest BCUT2D eigenvalue weighted by Crippen LogP contribution is 2.40. The molecule has 0 aliphatic heterocycles. The molecule has 3 rings (SSSR count). The van der Waals surface area contributed by atoms with Crippen LogP contribution in [0, 0.1) is 27.7 Å². The lowest BCUT2D eigenvalue weighted by atomic mass is 9.81. The minimum absolute atomic E-state index is 0.0947. The molecule has 0 aliphatic rings. The Morgan fingerprint density at radius 1 is 0.697 bits per heavy atom. The van der Waals surface area contributed by atoms with E-state index in [1.165, 1.54) is 32.7 Å². The molecule has 2 nitrogen and oxygen atoms in total. The lowest BCUT2D eigenvalue weighted by molar-refractivity contribution is 0.441. The maximum Gasteiger partial charge on any atom is 0.122 e. The summed E-state index contributed by atoms with van der Waals surface area (Å²) in [7, 11) is 0. The van der Waals surface area contributed by atoms with Crippen LogP contribution in [0.2, 0.25) is 0 Å². The molecular weight excluding hydrogens is 424 g/mol. The molecule has 33 heavy (non-hydrogen) atoms. The largest absolute Gasteiger partial charge is 0.507 e. The molecule has 2 N–H and O–H groups in total. The van der Waals surface area contributed by atoms with E-state index in [4.69, 9.17) is 0 Å². The molecule has 178 valence electrons. The van der Waals surface area contributed by atoms with Crippen LogP contribution < -0.4 is 0 Å². The summed E-state index contributed by atoms with van der Waals surface area (Å²) in [6.45, 7) is 21.2. The van der Waals surface area contributed by atoms with Gasteiger partial charge in [-0.15, -0.1) is 11.3 Å². The fraction of sp³-hybridized carbons (Fsp3) is 0.467. The van der Waals surface area contributed by atoms with Gasteiger partial charge in [0.05, 0.1) is 0 Å². The molecule has 0 spiro atoms. The topological polar surface area (TPSA) is 40.5 Å². The molecule has 0 saturated carbocycles. The van der Waals surface area contributed by atoms with Gasteiger partial charge in [0.1, 0.15) is 11.5 Å². The zero-order valence-electron chi connectivity index (χ0n) is 22.0. The summed E-state index contributed by atoms with van der Waals surface area (Å²) in [6.07, 6.45) is 1.62. The SMILES string of the molecule is Cc1cc(C(C)(C)C)c(O)c(C)c1Cc1ccsc1Cc1c(C)cc(C(C)(C)C)c(O)c1C. The molecule has 0 aliphatic carbocycles. The molecule has 0 amide bonds. The van der Waals surface area contributed by atoms with Gasteiger partial charge in [-0.2, -0.15) is 0 Å². The molecular formula is C30H40O2S. The van der Waals surface area contributed by atoms with Crippen LogP contribution in [0.25, 0.3) is 0 Å². The number of rotatable bonds is 4. The average Bonchev–Trinajstić information content (AvgIpc) is 3.13. The number of hydrogen-bond acceptors (Lipinski definition) is 3. The summed E-state index contributed by atoms with van der Waals surface area (Å²) < 4.78 is 0. The van der Waals surface area contributed by atoms with Crippen molar-refractivity contribution >= 4 is 11.3 Å². The van der Waals surface area contributed by atoms with E-state index in [-0.39, 0.29) is 10.8 Å². The third-order valence-corrected chi connectivity index (χ3v) is 7.92. The van der Waals surface area contributed by atoms with Gasteiger partial charge in [-0.1, -0.05) is 53.7 Å². The van der Waals surface area contributed by atoms with Gasteiger partial charge < -0.3 is 10.2 Å². The van der Waals surface area contributed by atoms with Crippen molar-refractivity contribution < 1.29 is 10.2 Å². The van der Waals surface area contributed by atoms with Gasteiger partial charge in [0, 0.05) is 11.3 Å². The van der Waals surface area contributed by atoms with Crippen molar-refractivity contribution in [3.8, 4) is 11.5 Å². The normalized spacial score (nSPS) is 12.4. The fourth-order valence-electron chi connectivity index (χ4n) is 4.74. The van der Waals surface area contributed by atoms with Crippen molar-refractivity contribution in [3.05, 3.63) is 78.5 Å². The molecule has 2 aromatic carbocycles. The Morgan fingerprint density at radius 3 is 1.55 bits per heavy atom. The Bertz CT molecular complexity index is 1090. The summed E-state index contributed by atoms with van der Waals surface area (Å²) in [5, 5.41) is 24.0. The standard InChI is InChI=1S/C30H40O2S/c1-17-13-24(29(5,6)7)27(31)19(3)22(17)15-21-11-12-33-26(21)16-23-18(2)14-25(30(8,9)10)28(32)20(23)4/h11-14,31-32H,15-16H2,1-10H3. The number of hydrogen-bond donors (Lipinski definition) is 2. The predicted octanol–water partition coefficient (Wildman–Crippen LogP) is 8.17. The number of phenolic OH excluding ortho intramolecular Hbond substituents is 2. The van der Waals surface area contributed by atoms with E-state index in [0.717, 1.165) is 35.1 Å². The molecule has 0 fully saturated rings. The highest BCUT2D eigenvalue weighted by molar-refractivity contribution is 7.10. The van der Waals surface area contributed by atoms with Crippen molar-refractivity contribution in [2.45, 2.75) is 92.9 Å². The zero-order valence-corrected chi connectivity index (χ0v) is 22.8. The van der Waals surface area contributed by atoms with Crippen LogP contribution in [0.15, 0.2) is 23.6 Å². The fourth-order valence-corrected chi connectivity index (χ4v) is 5.66. The van der Waals surface area contributed by atoms with Gasteiger partial charge in [0.2, 0.25) is 0 Å². The first-order valence-electron chi connectivity index (χ1n) is 11.8. The van der Waals surface area contributed by atoms with Crippen LogP contribution >= 0.6 is 11.3 Å². The van der Waals surface area contributed by atoms with Gasteiger partial charge in [-0.3, -0.25) is 0 Å². The van der Waals surface area contributed by atoms with Crippen LogP contribution in [-0.4, -0.2) is 10.2 Å². The molecule has 0 bridgehead atoms. The van der Waals surface area contributed by atoms with Crippen molar-refractivity contribution in [1.29, 1.82) is 0 Å². The second-order valence-electron chi connectivity index (χ2n) is 11.6. The van der Waals surface area contributed by atoms with Crippen molar-refractivity contribution in [3.63, 3.8) is 0 Å². The zero-order chi connectivity index (χ0) is 24.9. The molecule has 0 atom stereocenters. The summed E-state index contributed by atoms with van der Waals surface area (Å²) >= 11 is 1.78. The maximum absolute atomic E-state index is 10.9. The van der Waals surface area contributed by atoms with E-state index < -0.39 is 0 Å². The highest BCUT2D eigenvalue weighted by Gasteiger charge is 2.24. The first kappa shape index (κ1) is 25.4. The van der Waals surface area contributed by atoms with Gasteiger partial charge in [-0.25, -0.2) is 0 Å². The molecule has 0 radical (unpaired) electrons. The van der Waals surface area contributed by atoms with Crippen LogP contribution in [0.3, 0.4) is 0 Å². The minimum atomic E-state index is -0.0953. The quantitative estimate of drug-likeness (QED) is 0.409. The van der Waals surface area contributed by atoms with Crippen LogP contribution in [0.1, 0.15) is 96.5 Å². The van der Waals surface area contributed by atoms with E-state index in [9.17, 15) is 10.2 Å². The number of thiophene rings is 1. The first-order valence-corrected chi connectivity index (χ1v) is 12.7. The van der Waals surface area contributed by atoms with E-state index >= 15 is 0 Å². The summed E-state index contributed by atoms with van der Waals surface area (Å²) in [6, 6.07) is 6.52. The summed E-state index contributed by atoms with van der Waals surface area (Å²) in [5.41, 5.74) is 9.97. The lowest BCUT2D eigenvalue weighted by Crippen LogP contribution is -2.14. The van der Waals surface area contributed by atoms with Gasteiger partial charge in [-0.05, 0) is 106 Å². The van der Waals surface area contributed by atoms with Crippen LogP contribution in [-0.2, 0) is 23.7 Å². The van der Waals surface area contributed by atoms with E-state index in [2.05, 4.69) is 79.0 Å². The number of benzene rings is 2. The van der Waals surface area contributed by atoms with E-state index in [1.807, 2.05) is 13.8 Å². The summed E-state index contributed by atoms with van der Waals surface area (Å²) in [5.74, 6) is 0.852. The van der Waals surface area contributed by atoms with Gasteiger partial charge >= 0.3 is 0 Å². The second kappa shape index (κ2) is 8.83. The number of aryl methyl sites for hydroxylation is 2. The Morgan fingerprint density at radius 2 is 1.12 bits per heavy atom. The van der Waals surface area contributed by atoms with Gasteiger partial charge in [0.25, 0.3) is 0 Å². The Kier molecular flexibility index (Phi) is 6.79. The predicted molar refractivity (Wildman–Crippen MR) is 142 cm³/mol. The molecule has 0 saturated heterocycles. The first-order chi connectivity index (χ1) is 15.1. The van der Waals surface area contributed by atoms with Crippen molar-refractivity contribution in [2.75, 3.05) is 0 Å². The lowest BCUT2D eigenvalue weighted by Gasteiger charge is -2.25. The Balaban J connectivity index is 1.99. The Hall–Kier alpha value is -2.26. The van der Waals surface area contributed by atoms with Crippen molar-refractivity contribution in [1.82, 2.24) is 0 Å². The minimum Gasteiger partial charge on any atom is -0.507 e. The van der Waals surface area contributed by atoms with Crippen LogP contribution in [0.5, 0.6) is 11.5 Å². The number of phenols is 2. The monoisotopic (exact) mass is 464 g/mol. The van der Waals surface area contributed by atoms with E-state index in [0.29, 0.717) is 11.5 Å². The second-order valence-corrected chi connectivity index (χ2v) is 12.6. The molecule has 3 heteroatoms. The molecule has 1 heterocycles. The molecule has 0 unspecified atom stereocenters. The Labute approximate surface area is 204 Å². The third kappa shape index (κ3) is 4.99. The van der Waals surface area contributed by atoms with E-state index in [1.54, 1.807) is 11.3 Å². The smallest absolute Gasteiger partial charge is 0.122 e. The highest BCUT2D eigenvalue weighted by atomic mass is 32.1. The molecule has 3 aromatic rings. The third-order valence-electron chi connectivity index (χ3n) is 6.96. The maximum atomic E-state index is 10.9. The average molecular weight is 465 g/mol. The molecule has 1 aromatic heterocycles. The summed E-state index contributed by atoms with van der Waals surface area (Å²) in [4.78, 5) is 1.32. The van der Waals surface area contributed by atoms with Gasteiger partial charge in [0.15, 0.2) is 0 Å². The van der Waals surface area contributed by atoms with Crippen molar-refractivity contribution in [2.24, 2.45) is 0 Å². The van der Waals surface area contributed by atoms with Crippen LogP contribution in [0.4, 0.5) is 0 Å². The number of aromatic hydroxyl groups is 2.